The molecule has 7 heteroatoms. The van der Waals surface area contributed by atoms with E-state index in [1.807, 2.05) is 20.8 Å². The SMILES string of the molecule is CC(C)(C)NC(=O)c1ccc(Nc2c(F)cccc2F)nn1. The molecule has 2 aromatic rings. The van der Waals surface area contributed by atoms with Crippen molar-refractivity contribution in [2.75, 3.05) is 5.32 Å². The zero-order chi connectivity index (χ0) is 16.3. The van der Waals surface area contributed by atoms with Crippen LogP contribution in [0.2, 0.25) is 0 Å². The van der Waals surface area contributed by atoms with Crippen molar-refractivity contribution >= 4 is 17.4 Å². The van der Waals surface area contributed by atoms with E-state index in [-0.39, 0.29) is 23.1 Å². The number of carbonyl (C=O) groups excluding carboxylic acids is 1. The Morgan fingerprint density at radius 3 is 2.18 bits per heavy atom. The summed E-state index contributed by atoms with van der Waals surface area (Å²) in [4.78, 5) is 11.9. The van der Waals surface area contributed by atoms with Crippen LogP contribution in [0.5, 0.6) is 0 Å². The number of amides is 1. The molecule has 0 unspecified atom stereocenters. The molecule has 0 aliphatic carbocycles. The zero-order valence-corrected chi connectivity index (χ0v) is 12.4. The van der Waals surface area contributed by atoms with Gasteiger partial charge in [-0.3, -0.25) is 4.79 Å². The maximum atomic E-state index is 13.5. The van der Waals surface area contributed by atoms with Crippen molar-refractivity contribution in [2.45, 2.75) is 26.3 Å². The van der Waals surface area contributed by atoms with Gasteiger partial charge in [-0.25, -0.2) is 8.78 Å². The number of halogens is 2. The smallest absolute Gasteiger partial charge is 0.272 e. The van der Waals surface area contributed by atoms with Crippen molar-refractivity contribution in [1.82, 2.24) is 15.5 Å². The van der Waals surface area contributed by atoms with E-state index in [9.17, 15) is 13.6 Å². The number of carbonyl (C=O) groups is 1. The Morgan fingerprint density at radius 1 is 1.05 bits per heavy atom. The minimum atomic E-state index is -0.739. The molecule has 1 amide bonds. The van der Waals surface area contributed by atoms with Crippen LogP contribution in [0.4, 0.5) is 20.3 Å². The van der Waals surface area contributed by atoms with Crippen molar-refractivity contribution < 1.29 is 13.6 Å². The van der Waals surface area contributed by atoms with Crippen LogP contribution >= 0.6 is 0 Å². The van der Waals surface area contributed by atoms with Crippen molar-refractivity contribution in [2.24, 2.45) is 0 Å². The molecule has 0 radical (unpaired) electrons. The molecule has 2 rings (SSSR count). The standard InChI is InChI=1S/C15H16F2N4O/c1-15(2,3)19-14(22)11-7-8-12(21-20-11)18-13-9(16)5-4-6-10(13)17/h4-8H,1-3H3,(H,18,21)(H,19,22). The Kier molecular flexibility index (Phi) is 4.35. The third kappa shape index (κ3) is 3.97. The highest BCUT2D eigenvalue weighted by atomic mass is 19.1. The highest BCUT2D eigenvalue weighted by Crippen LogP contribution is 2.21. The predicted molar refractivity (Wildman–Crippen MR) is 78.9 cm³/mol. The fourth-order valence-corrected chi connectivity index (χ4v) is 1.67. The Hall–Kier alpha value is -2.57. The average molecular weight is 306 g/mol. The van der Waals surface area contributed by atoms with E-state index in [0.717, 1.165) is 12.1 Å². The molecule has 5 nitrogen and oxygen atoms in total. The second-order valence-corrected chi connectivity index (χ2v) is 5.73. The first-order chi connectivity index (χ1) is 10.3. The fraction of sp³-hybridized carbons (Fsp3) is 0.267. The molecule has 0 fully saturated rings. The first-order valence-electron chi connectivity index (χ1n) is 6.63. The van der Waals surface area contributed by atoms with E-state index in [2.05, 4.69) is 20.8 Å². The van der Waals surface area contributed by atoms with E-state index in [1.165, 1.54) is 18.2 Å². The third-order valence-electron chi connectivity index (χ3n) is 2.60. The van der Waals surface area contributed by atoms with Crippen molar-refractivity contribution in [1.29, 1.82) is 0 Å². The molecule has 22 heavy (non-hydrogen) atoms. The van der Waals surface area contributed by atoms with Gasteiger partial charge in [-0.05, 0) is 45.0 Å². The summed E-state index contributed by atoms with van der Waals surface area (Å²) in [5.41, 5.74) is -0.593. The molecule has 1 aromatic carbocycles. The summed E-state index contributed by atoms with van der Waals surface area (Å²) in [5.74, 6) is -1.72. The molecule has 0 atom stereocenters. The molecular weight excluding hydrogens is 290 g/mol. The number of hydrogen-bond acceptors (Lipinski definition) is 4. The number of benzene rings is 1. The Balaban J connectivity index is 2.14. The molecule has 116 valence electrons. The number of aromatic nitrogens is 2. The van der Waals surface area contributed by atoms with E-state index in [1.54, 1.807) is 0 Å². The van der Waals surface area contributed by atoms with Gasteiger partial charge in [-0.1, -0.05) is 6.07 Å². The maximum Gasteiger partial charge on any atom is 0.272 e. The van der Waals surface area contributed by atoms with Gasteiger partial charge in [0.05, 0.1) is 0 Å². The number of anilines is 2. The normalized spacial score (nSPS) is 11.1. The van der Waals surface area contributed by atoms with E-state index >= 15 is 0 Å². The van der Waals surface area contributed by atoms with Crippen LogP contribution in [0.15, 0.2) is 30.3 Å². The summed E-state index contributed by atoms with van der Waals surface area (Å²) >= 11 is 0. The second-order valence-electron chi connectivity index (χ2n) is 5.73. The van der Waals surface area contributed by atoms with E-state index in [4.69, 9.17) is 0 Å². The lowest BCUT2D eigenvalue weighted by molar-refractivity contribution is 0.0913. The summed E-state index contributed by atoms with van der Waals surface area (Å²) in [7, 11) is 0. The van der Waals surface area contributed by atoms with Gasteiger partial charge in [-0.15, -0.1) is 10.2 Å². The van der Waals surface area contributed by atoms with Gasteiger partial charge in [0.25, 0.3) is 5.91 Å². The van der Waals surface area contributed by atoms with Crippen molar-refractivity contribution in [3.05, 3.63) is 47.7 Å². The number of hydrogen-bond donors (Lipinski definition) is 2. The lowest BCUT2D eigenvalue weighted by atomic mass is 10.1. The molecule has 0 spiro atoms. The highest BCUT2D eigenvalue weighted by Gasteiger charge is 2.17. The molecule has 1 heterocycles. The summed E-state index contributed by atoms with van der Waals surface area (Å²) in [5, 5.41) is 12.7. The van der Waals surface area contributed by atoms with Crippen LogP contribution in [0.3, 0.4) is 0 Å². The first kappa shape index (κ1) is 15.8. The summed E-state index contributed by atoms with van der Waals surface area (Å²) < 4.78 is 27.0. The van der Waals surface area contributed by atoms with Crippen LogP contribution < -0.4 is 10.6 Å². The van der Waals surface area contributed by atoms with Gasteiger partial charge < -0.3 is 10.6 Å². The molecule has 0 aliphatic heterocycles. The van der Waals surface area contributed by atoms with Crippen LogP contribution in [0.1, 0.15) is 31.3 Å². The Labute approximate surface area is 126 Å². The van der Waals surface area contributed by atoms with Gasteiger partial charge in [0.2, 0.25) is 0 Å². The molecule has 0 bridgehead atoms. The van der Waals surface area contributed by atoms with Gasteiger partial charge in [-0.2, -0.15) is 0 Å². The third-order valence-corrected chi connectivity index (χ3v) is 2.60. The van der Waals surface area contributed by atoms with Gasteiger partial charge in [0, 0.05) is 5.54 Å². The van der Waals surface area contributed by atoms with Gasteiger partial charge in [0.15, 0.2) is 11.5 Å². The van der Waals surface area contributed by atoms with Crippen LogP contribution in [0.25, 0.3) is 0 Å². The number of rotatable bonds is 3. The molecule has 1 aromatic heterocycles. The summed E-state index contributed by atoms with van der Waals surface area (Å²) in [6.07, 6.45) is 0. The van der Waals surface area contributed by atoms with Crippen LogP contribution in [-0.4, -0.2) is 21.6 Å². The van der Waals surface area contributed by atoms with Crippen molar-refractivity contribution in [3.63, 3.8) is 0 Å². The van der Waals surface area contributed by atoms with E-state index < -0.39 is 17.2 Å². The minimum absolute atomic E-state index is 0.120. The monoisotopic (exact) mass is 306 g/mol. The number of nitrogens with zero attached hydrogens (tertiary/aromatic N) is 2. The molecule has 2 N–H and O–H groups in total. The van der Waals surface area contributed by atoms with Gasteiger partial charge in [0.1, 0.15) is 17.3 Å². The lowest BCUT2D eigenvalue weighted by Gasteiger charge is -2.19. The predicted octanol–water partition coefficient (Wildman–Crippen LogP) is 3.03. The topological polar surface area (TPSA) is 66.9 Å². The largest absolute Gasteiger partial charge is 0.346 e. The summed E-state index contributed by atoms with van der Waals surface area (Å²) in [6.45, 7) is 5.53. The quantitative estimate of drug-likeness (QED) is 0.914. The minimum Gasteiger partial charge on any atom is -0.346 e. The molecule has 0 saturated carbocycles. The highest BCUT2D eigenvalue weighted by molar-refractivity contribution is 5.92. The summed E-state index contributed by atoms with van der Waals surface area (Å²) in [6, 6.07) is 6.38. The fourth-order valence-electron chi connectivity index (χ4n) is 1.67. The Bertz CT molecular complexity index is 661. The van der Waals surface area contributed by atoms with Crippen molar-refractivity contribution in [3.8, 4) is 0 Å². The van der Waals surface area contributed by atoms with Crippen LogP contribution in [0, 0.1) is 11.6 Å². The van der Waals surface area contributed by atoms with Gasteiger partial charge >= 0.3 is 0 Å². The lowest BCUT2D eigenvalue weighted by Crippen LogP contribution is -2.41. The second kappa shape index (κ2) is 6.05. The Morgan fingerprint density at radius 2 is 1.68 bits per heavy atom. The average Bonchev–Trinajstić information content (AvgIpc) is 2.42. The first-order valence-corrected chi connectivity index (χ1v) is 6.63. The zero-order valence-electron chi connectivity index (χ0n) is 12.4. The molecule has 0 saturated heterocycles. The number of nitrogens with one attached hydrogen (secondary N) is 2. The van der Waals surface area contributed by atoms with Crippen LogP contribution in [-0.2, 0) is 0 Å². The maximum absolute atomic E-state index is 13.5. The van der Waals surface area contributed by atoms with E-state index in [0.29, 0.717) is 0 Å². The molecular formula is C15H16F2N4O. The molecule has 0 aliphatic rings. The number of para-hydroxylation sites is 1.